The highest BCUT2D eigenvalue weighted by Crippen LogP contribution is 2.42. The van der Waals surface area contributed by atoms with Crippen LogP contribution in [-0.2, 0) is 5.21 Å². The van der Waals surface area contributed by atoms with Gasteiger partial charge in [0.05, 0.1) is 26.9 Å². The van der Waals surface area contributed by atoms with Crippen molar-refractivity contribution in [1.29, 1.82) is 0 Å². The lowest BCUT2D eigenvalue weighted by Crippen LogP contribution is -2.42. The number of aromatic nitrogens is 1. The Labute approximate surface area is 234 Å². The second kappa shape index (κ2) is 9.48. The molecule has 4 aromatic carbocycles. The summed E-state index contributed by atoms with van der Waals surface area (Å²) in [6, 6.07) is 27.8. The van der Waals surface area contributed by atoms with Gasteiger partial charge < -0.3 is 4.42 Å². The molecule has 2 heterocycles. The van der Waals surface area contributed by atoms with Crippen molar-refractivity contribution in [2.45, 2.75) is 26.0 Å². The third-order valence-electron chi connectivity index (χ3n) is 7.71. The van der Waals surface area contributed by atoms with Gasteiger partial charge in [-0.3, -0.25) is 4.98 Å². The Morgan fingerprint density at radius 3 is 2.00 bits per heavy atom. The minimum absolute atomic E-state index is 0.129. The summed E-state index contributed by atoms with van der Waals surface area (Å²) in [7, 11) is 12.6. The number of para-hydroxylation sites is 1. The fourth-order valence-electron chi connectivity index (χ4n) is 5.06. The average Bonchev–Trinajstić information content (AvgIpc) is 3.31. The molecule has 0 spiro atoms. The molecule has 4 radical (unpaired) electrons. The van der Waals surface area contributed by atoms with Gasteiger partial charge in [-0.05, 0) is 45.9 Å². The number of nitrogens with zero attached hydrogens (tertiary/aromatic N) is 1. The quantitative estimate of drug-likeness (QED) is 0.216. The molecule has 2 nitrogen and oxygen atoms in total. The van der Waals surface area contributed by atoms with Crippen molar-refractivity contribution in [2.75, 3.05) is 0 Å². The van der Waals surface area contributed by atoms with E-state index < -0.39 is 22.3 Å². The Balaban J connectivity index is 1.48. The number of benzene rings is 4. The van der Waals surface area contributed by atoms with Crippen molar-refractivity contribution in [3.8, 4) is 33.5 Å². The molecular weight excluding hydrogens is 498 g/mol. The number of furan rings is 1. The molecule has 0 aliphatic carbocycles. The van der Waals surface area contributed by atoms with Crippen molar-refractivity contribution in [3.05, 3.63) is 114 Å². The molecular formula is C34H25B2F2NO. The fourth-order valence-corrected chi connectivity index (χ4v) is 5.06. The van der Waals surface area contributed by atoms with Gasteiger partial charge in [-0.2, -0.15) is 0 Å². The zero-order chi connectivity index (χ0) is 28.2. The van der Waals surface area contributed by atoms with Crippen LogP contribution in [0.15, 0.2) is 102 Å². The van der Waals surface area contributed by atoms with Gasteiger partial charge in [0.2, 0.25) is 0 Å². The molecule has 0 bridgehead atoms. The molecule has 0 fully saturated rings. The molecule has 2 aromatic heterocycles. The van der Waals surface area contributed by atoms with E-state index in [1.54, 1.807) is 12.1 Å². The summed E-state index contributed by atoms with van der Waals surface area (Å²) in [5, 5.41) is 0.118. The van der Waals surface area contributed by atoms with E-state index in [1.807, 2.05) is 87.5 Å². The molecule has 0 N–H and O–H groups in total. The van der Waals surface area contributed by atoms with Crippen LogP contribution in [0, 0.1) is 17.0 Å². The predicted octanol–water partition coefficient (Wildman–Crippen LogP) is 8.80. The molecule has 0 saturated carbocycles. The lowest BCUT2D eigenvalue weighted by Gasteiger charge is -2.40. The second-order valence-electron chi connectivity index (χ2n) is 11.2. The van der Waals surface area contributed by atoms with Gasteiger partial charge in [0.25, 0.3) is 0 Å². The standard InChI is InChI=1S/C34H25B2F2NO/c1-33(2,3)34(35,36)26-19-39-29(18-28(26)38)25-11-7-10-23-24-16-17-27(37)30(32(24)40-31(23)25)22-14-12-21(13-15-22)20-8-5-4-6-9-20/h4-19H,1-3H3. The van der Waals surface area contributed by atoms with Crippen LogP contribution in [0.5, 0.6) is 0 Å². The summed E-state index contributed by atoms with van der Waals surface area (Å²) in [4.78, 5) is 4.51. The van der Waals surface area contributed by atoms with Gasteiger partial charge in [-0.25, -0.2) is 8.78 Å². The summed E-state index contributed by atoms with van der Waals surface area (Å²) >= 11 is 0. The number of hydrogen-bond acceptors (Lipinski definition) is 2. The topological polar surface area (TPSA) is 26.0 Å². The van der Waals surface area contributed by atoms with Crippen molar-refractivity contribution < 1.29 is 13.2 Å². The highest BCUT2D eigenvalue weighted by atomic mass is 19.1. The van der Waals surface area contributed by atoms with Crippen LogP contribution in [-0.4, -0.2) is 20.7 Å². The van der Waals surface area contributed by atoms with E-state index in [0.29, 0.717) is 33.6 Å². The van der Waals surface area contributed by atoms with E-state index in [9.17, 15) is 0 Å². The second-order valence-corrected chi connectivity index (χ2v) is 11.2. The Kier molecular flexibility index (Phi) is 6.18. The maximum Gasteiger partial charge on any atom is 0.146 e. The van der Waals surface area contributed by atoms with Crippen LogP contribution >= 0.6 is 0 Å². The molecule has 192 valence electrons. The maximum atomic E-state index is 15.4. The first-order valence-corrected chi connectivity index (χ1v) is 13.1. The monoisotopic (exact) mass is 523 g/mol. The van der Waals surface area contributed by atoms with Gasteiger partial charge in [0, 0.05) is 28.6 Å². The minimum atomic E-state index is -1.42. The third kappa shape index (κ3) is 4.23. The van der Waals surface area contributed by atoms with E-state index in [1.165, 1.54) is 18.3 Å². The van der Waals surface area contributed by atoms with E-state index in [2.05, 4.69) is 4.98 Å². The smallest absolute Gasteiger partial charge is 0.146 e. The molecule has 6 aromatic rings. The van der Waals surface area contributed by atoms with Crippen molar-refractivity contribution >= 4 is 37.6 Å². The first-order valence-electron chi connectivity index (χ1n) is 13.1. The maximum absolute atomic E-state index is 15.4. The minimum Gasteiger partial charge on any atom is -0.455 e. The molecule has 0 saturated heterocycles. The summed E-state index contributed by atoms with van der Waals surface area (Å²) in [5.74, 6) is -0.943. The Morgan fingerprint density at radius 2 is 1.32 bits per heavy atom. The Bertz CT molecular complexity index is 1870. The van der Waals surface area contributed by atoms with E-state index in [-0.39, 0.29) is 5.56 Å². The zero-order valence-electron chi connectivity index (χ0n) is 22.5. The molecule has 0 amide bonds. The van der Waals surface area contributed by atoms with Crippen LogP contribution in [0.1, 0.15) is 26.3 Å². The van der Waals surface area contributed by atoms with Crippen LogP contribution in [0.2, 0.25) is 0 Å². The third-order valence-corrected chi connectivity index (χ3v) is 7.71. The summed E-state index contributed by atoms with van der Waals surface area (Å²) < 4.78 is 37.1. The highest BCUT2D eigenvalue weighted by molar-refractivity contribution is 6.40. The van der Waals surface area contributed by atoms with Crippen LogP contribution in [0.4, 0.5) is 8.78 Å². The molecule has 0 aliphatic heterocycles. The van der Waals surface area contributed by atoms with E-state index >= 15 is 8.78 Å². The summed E-state index contributed by atoms with van der Waals surface area (Å²) in [6.45, 7) is 5.55. The van der Waals surface area contributed by atoms with E-state index in [0.717, 1.165) is 21.9 Å². The SMILES string of the molecule is [B]C([B])(c1cnc(-c2cccc3c2oc2c(-c4ccc(-c5ccccc5)cc4)c(F)ccc23)cc1F)C(C)(C)C. The first kappa shape index (κ1) is 26.1. The molecule has 0 unspecified atom stereocenters. The lowest BCUT2D eigenvalue weighted by molar-refractivity contribution is 0.349. The fraction of sp³-hybridized carbons (Fsp3) is 0.147. The van der Waals surface area contributed by atoms with Crippen molar-refractivity contribution in [2.24, 2.45) is 5.41 Å². The van der Waals surface area contributed by atoms with Crippen molar-refractivity contribution in [3.63, 3.8) is 0 Å². The molecule has 6 heteroatoms. The van der Waals surface area contributed by atoms with Gasteiger partial charge in [0.15, 0.2) is 0 Å². The number of pyridine rings is 1. The van der Waals surface area contributed by atoms with Gasteiger partial charge in [0.1, 0.15) is 22.8 Å². The van der Waals surface area contributed by atoms with Crippen LogP contribution in [0.3, 0.4) is 0 Å². The predicted molar refractivity (Wildman–Crippen MR) is 160 cm³/mol. The van der Waals surface area contributed by atoms with Gasteiger partial charge in [-0.1, -0.05) is 92.7 Å². The largest absolute Gasteiger partial charge is 0.455 e. The molecule has 6 rings (SSSR count). The number of hydrogen-bond donors (Lipinski definition) is 0. The molecule has 40 heavy (non-hydrogen) atoms. The van der Waals surface area contributed by atoms with E-state index in [4.69, 9.17) is 20.1 Å². The van der Waals surface area contributed by atoms with Crippen molar-refractivity contribution in [1.82, 2.24) is 4.98 Å². The average molecular weight is 523 g/mol. The van der Waals surface area contributed by atoms with Gasteiger partial charge >= 0.3 is 0 Å². The lowest BCUT2D eigenvalue weighted by atomic mass is 9.41. The molecule has 0 atom stereocenters. The normalized spacial score (nSPS) is 12.3. The number of fused-ring (bicyclic) bond motifs is 3. The van der Waals surface area contributed by atoms with Gasteiger partial charge in [-0.15, -0.1) is 0 Å². The Morgan fingerprint density at radius 1 is 0.675 bits per heavy atom. The highest BCUT2D eigenvalue weighted by Gasteiger charge is 2.35. The van der Waals surface area contributed by atoms with Crippen LogP contribution in [0.25, 0.3) is 55.4 Å². The number of halogens is 2. The van der Waals surface area contributed by atoms with Crippen LogP contribution < -0.4 is 0 Å². The Hall–Kier alpha value is -4.18. The molecule has 0 aliphatic rings. The number of rotatable bonds is 4. The first-order chi connectivity index (χ1) is 19.1. The summed E-state index contributed by atoms with van der Waals surface area (Å²) in [6.07, 6.45) is 1.39. The zero-order valence-corrected chi connectivity index (χ0v) is 22.5. The summed E-state index contributed by atoms with van der Waals surface area (Å²) in [5.41, 5.74) is 4.57.